The van der Waals surface area contributed by atoms with Gasteiger partial charge in [0.05, 0.1) is 6.10 Å². The molecule has 1 N–H and O–H groups in total. The Balaban J connectivity index is 1.60. The van der Waals surface area contributed by atoms with Crippen molar-refractivity contribution in [1.29, 1.82) is 0 Å². The van der Waals surface area contributed by atoms with Crippen LogP contribution >= 0.6 is 0 Å². The van der Waals surface area contributed by atoms with E-state index >= 15 is 0 Å². The molecular formula is C11H22N2O. The normalized spacial score (nSPS) is 38.6. The van der Waals surface area contributed by atoms with Crippen LogP contribution in [0.25, 0.3) is 0 Å². The highest BCUT2D eigenvalue weighted by atomic mass is 16.5. The van der Waals surface area contributed by atoms with Crippen LogP contribution in [-0.4, -0.2) is 49.8 Å². The van der Waals surface area contributed by atoms with Crippen LogP contribution in [-0.2, 0) is 4.74 Å². The van der Waals surface area contributed by atoms with Crippen molar-refractivity contribution in [2.45, 2.75) is 44.4 Å². The molecule has 1 saturated carbocycles. The number of hydrogen-bond donors (Lipinski definition) is 1. The van der Waals surface area contributed by atoms with Gasteiger partial charge in [0.1, 0.15) is 0 Å². The number of ether oxygens (including phenoxy) is 1. The van der Waals surface area contributed by atoms with Crippen molar-refractivity contribution in [2.75, 3.05) is 26.7 Å². The Morgan fingerprint density at radius 2 is 2.14 bits per heavy atom. The predicted octanol–water partition coefficient (Wildman–Crippen LogP) is 0.848. The van der Waals surface area contributed by atoms with Gasteiger partial charge in [0, 0.05) is 25.2 Å². The summed E-state index contributed by atoms with van der Waals surface area (Å²) < 4.78 is 5.54. The quantitative estimate of drug-likeness (QED) is 0.725. The molecule has 2 fully saturated rings. The first-order valence-corrected chi connectivity index (χ1v) is 5.84. The number of hydrogen-bond acceptors (Lipinski definition) is 3. The topological polar surface area (TPSA) is 24.5 Å². The van der Waals surface area contributed by atoms with E-state index in [9.17, 15) is 0 Å². The molecule has 1 unspecified atom stereocenters. The van der Waals surface area contributed by atoms with E-state index in [2.05, 4.69) is 24.2 Å². The SMILES string of the molecule is CCOC1CC(NC2CCN(C)C2)C1. The molecule has 14 heavy (non-hydrogen) atoms. The van der Waals surface area contributed by atoms with Crippen LogP contribution in [0.1, 0.15) is 26.2 Å². The summed E-state index contributed by atoms with van der Waals surface area (Å²) in [6.45, 7) is 5.41. The summed E-state index contributed by atoms with van der Waals surface area (Å²) in [7, 11) is 2.20. The summed E-state index contributed by atoms with van der Waals surface area (Å²) in [6.07, 6.45) is 4.28. The number of rotatable bonds is 4. The standard InChI is InChI=1S/C11H22N2O/c1-3-14-11-6-10(7-11)12-9-4-5-13(2)8-9/h9-12H,3-8H2,1-2H3. The van der Waals surface area contributed by atoms with Gasteiger partial charge in [0.25, 0.3) is 0 Å². The molecule has 0 amide bonds. The first kappa shape index (κ1) is 10.4. The van der Waals surface area contributed by atoms with Gasteiger partial charge in [-0.05, 0) is 39.8 Å². The Morgan fingerprint density at radius 1 is 1.36 bits per heavy atom. The van der Waals surface area contributed by atoms with Crippen LogP contribution in [0.15, 0.2) is 0 Å². The lowest BCUT2D eigenvalue weighted by Crippen LogP contribution is -2.50. The van der Waals surface area contributed by atoms with Crippen molar-refractivity contribution >= 4 is 0 Å². The van der Waals surface area contributed by atoms with Crippen LogP contribution in [0.5, 0.6) is 0 Å². The molecule has 0 bridgehead atoms. The molecule has 1 aliphatic carbocycles. The van der Waals surface area contributed by atoms with Gasteiger partial charge in [-0.3, -0.25) is 0 Å². The van der Waals surface area contributed by atoms with Gasteiger partial charge in [0.15, 0.2) is 0 Å². The van der Waals surface area contributed by atoms with Crippen LogP contribution in [0.2, 0.25) is 0 Å². The van der Waals surface area contributed by atoms with Gasteiger partial charge >= 0.3 is 0 Å². The molecule has 2 aliphatic rings. The Hall–Kier alpha value is -0.120. The molecule has 0 aromatic heterocycles. The fourth-order valence-electron chi connectivity index (χ4n) is 2.48. The van der Waals surface area contributed by atoms with E-state index in [1.807, 2.05) is 0 Å². The van der Waals surface area contributed by atoms with Gasteiger partial charge in [-0.1, -0.05) is 0 Å². The number of likely N-dealkylation sites (tertiary alicyclic amines) is 1. The van der Waals surface area contributed by atoms with Crippen LogP contribution in [0.3, 0.4) is 0 Å². The summed E-state index contributed by atoms with van der Waals surface area (Å²) >= 11 is 0. The fourth-order valence-corrected chi connectivity index (χ4v) is 2.48. The molecule has 1 saturated heterocycles. The van der Waals surface area contributed by atoms with E-state index in [0.717, 1.165) is 18.7 Å². The van der Waals surface area contributed by atoms with E-state index < -0.39 is 0 Å². The number of nitrogens with zero attached hydrogens (tertiary/aromatic N) is 1. The van der Waals surface area contributed by atoms with E-state index in [1.165, 1.54) is 32.4 Å². The Bertz CT molecular complexity index is 180. The summed E-state index contributed by atoms with van der Waals surface area (Å²) in [5.41, 5.74) is 0. The maximum atomic E-state index is 5.54. The lowest BCUT2D eigenvalue weighted by molar-refractivity contribution is -0.0120. The van der Waals surface area contributed by atoms with Crippen molar-refractivity contribution in [2.24, 2.45) is 0 Å². The Labute approximate surface area is 86.8 Å². The second-order valence-electron chi connectivity index (χ2n) is 4.66. The highest BCUT2D eigenvalue weighted by molar-refractivity contribution is 4.90. The van der Waals surface area contributed by atoms with Crippen LogP contribution in [0, 0.1) is 0 Å². The zero-order valence-electron chi connectivity index (χ0n) is 9.33. The average molecular weight is 198 g/mol. The van der Waals surface area contributed by atoms with Crippen molar-refractivity contribution in [3.05, 3.63) is 0 Å². The summed E-state index contributed by atoms with van der Waals surface area (Å²) in [6, 6.07) is 1.45. The Kier molecular flexibility index (Phi) is 3.42. The molecular weight excluding hydrogens is 176 g/mol. The molecule has 82 valence electrons. The molecule has 3 nitrogen and oxygen atoms in total. The molecule has 1 aliphatic heterocycles. The maximum absolute atomic E-state index is 5.54. The minimum atomic E-state index is 0.539. The first-order valence-electron chi connectivity index (χ1n) is 5.84. The minimum Gasteiger partial charge on any atom is -0.378 e. The lowest BCUT2D eigenvalue weighted by atomic mass is 9.88. The minimum absolute atomic E-state index is 0.539. The molecule has 0 aromatic carbocycles. The van der Waals surface area contributed by atoms with Crippen molar-refractivity contribution in [3.63, 3.8) is 0 Å². The number of likely N-dealkylation sites (N-methyl/N-ethyl adjacent to an activating group) is 1. The maximum Gasteiger partial charge on any atom is 0.0604 e. The molecule has 2 rings (SSSR count). The monoisotopic (exact) mass is 198 g/mol. The third kappa shape index (κ3) is 2.47. The molecule has 3 heteroatoms. The molecule has 0 aromatic rings. The van der Waals surface area contributed by atoms with Crippen molar-refractivity contribution in [3.8, 4) is 0 Å². The average Bonchev–Trinajstić information content (AvgIpc) is 2.48. The smallest absolute Gasteiger partial charge is 0.0604 e. The van der Waals surface area contributed by atoms with Gasteiger partial charge in [-0.15, -0.1) is 0 Å². The summed E-state index contributed by atoms with van der Waals surface area (Å²) in [5, 5.41) is 3.71. The molecule has 0 radical (unpaired) electrons. The largest absolute Gasteiger partial charge is 0.378 e. The predicted molar refractivity (Wildman–Crippen MR) is 57.5 cm³/mol. The zero-order valence-corrected chi connectivity index (χ0v) is 9.33. The first-order chi connectivity index (χ1) is 6.78. The highest BCUT2D eigenvalue weighted by Gasteiger charge is 2.32. The zero-order chi connectivity index (χ0) is 9.97. The highest BCUT2D eigenvalue weighted by Crippen LogP contribution is 2.24. The third-order valence-corrected chi connectivity index (χ3v) is 3.36. The number of nitrogens with one attached hydrogen (secondary N) is 1. The van der Waals surface area contributed by atoms with Crippen molar-refractivity contribution < 1.29 is 4.74 Å². The summed E-state index contributed by atoms with van der Waals surface area (Å²) in [4.78, 5) is 2.40. The van der Waals surface area contributed by atoms with Crippen molar-refractivity contribution in [1.82, 2.24) is 10.2 Å². The van der Waals surface area contributed by atoms with E-state index in [0.29, 0.717) is 6.10 Å². The van der Waals surface area contributed by atoms with E-state index in [1.54, 1.807) is 0 Å². The van der Waals surface area contributed by atoms with E-state index in [-0.39, 0.29) is 0 Å². The molecule has 0 spiro atoms. The van der Waals surface area contributed by atoms with Gasteiger partial charge in [0.2, 0.25) is 0 Å². The summed E-state index contributed by atoms with van der Waals surface area (Å²) in [5.74, 6) is 0. The van der Waals surface area contributed by atoms with E-state index in [4.69, 9.17) is 4.74 Å². The third-order valence-electron chi connectivity index (χ3n) is 3.36. The second kappa shape index (κ2) is 4.60. The van der Waals surface area contributed by atoms with Gasteiger partial charge in [-0.2, -0.15) is 0 Å². The second-order valence-corrected chi connectivity index (χ2v) is 4.66. The van der Waals surface area contributed by atoms with Crippen LogP contribution < -0.4 is 5.32 Å². The Morgan fingerprint density at radius 3 is 2.71 bits per heavy atom. The molecule has 1 heterocycles. The molecule has 1 atom stereocenters. The van der Waals surface area contributed by atoms with Crippen LogP contribution in [0.4, 0.5) is 0 Å². The lowest BCUT2D eigenvalue weighted by Gasteiger charge is -2.37. The van der Waals surface area contributed by atoms with Gasteiger partial charge in [-0.25, -0.2) is 0 Å². The fraction of sp³-hybridized carbons (Fsp3) is 1.00. The van der Waals surface area contributed by atoms with Gasteiger partial charge < -0.3 is 15.0 Å².